The third-order valence-electron chi connectivity index (χ3n) is 3.50. The van der Waals surface area contributed by atoms with Gasteiger partial charge in [0.2, 0.25) is 0 Å². The van der Waals surface area contributed by atoms with Crippen molar-refractivity contribution in [2.75, 3.05) is 19.7 Å². The Balaban J connectivity index is 2.08. The van der Waals surface area contributed by atoms with Crippen molar-refractivity contribution in [2.45, 2.75) is 52.1 Å². The summed E-state index contributed by atoms with van der Waals surface area (Å²) >= 11 is 0. The summed E-state index contributed by atoms with van der Waals surface area (Å²) < 4.78 is 10.4. The maximum atomic E-state index is 12.0. The van der Waals surface area contributed by atoms with Gasteiger partial charge in [-0.1, -0.05) is 18.8 Å². The van der Waals surface area contributed by atoms with Gasteiger partial charge in [0.05, 0.1) is 0 Å². The first-order valence-corrected chi connectivity index (χ1v) is 9.23. The molecule has 0 aromatic heterocycles. The van der Waals surface area contributed by atoms with E-state index >= 15 is 0 Å². The minimum atomic E-state index is -0.475. The molecule has 0 saturated heterocycles. The molecule has 0 saturated carbocycles. The third kappa shape index (κ3) is 10.8. The van der Waals surface area contributed by atoms with Crippen molar-refractivity contribution in [2.24, 2.45) is 0 Å². The maximum Gasteiger partial charge on any atom is 0.407 e. The average molecular weight is 374 g/mol. The summed E-state index contributed by atoms with van der Waals surface area (Å²) in [6.07, 6.45) is 8.48. The van der Waals surface area contributed by atoms with Crippen LogP contribution in [-0.2, 0) is 4.74 Å². The summed E-state index contributed by atoms with van der Waals surface area (Å²) in [7, 11) is 0. The van der Waals surface area contributed by atoms with E-state index in [1.807, 2.05) is 20.8 Å². The highest BCUT2D eigenvalue weighted by Gasteiger charge is 2.15. The second-order valence-corrected chi connectivity index (χ2v) is 7.12. The number of ether oxygens (including phenoxy) is 2. The predicted molar refractivity (Wildman–Crippen MR) is 106 cm³/mol. The van der Waals surface area contributed by atoms with Crippen molar-refractivity contribution in [1.82, 2.24) is 10.6 Å². The number of unbranched alkanes of at least 4 members (excludes halogenated alkanes) is 3. The molecule has 0 atom stereocenters. The first-order chi connectivity index (χ1) is 12.8. The Bertz CT molecular complexity index is 627. The van der Waals surface area contributed by atoms with Gasteiger partial charge in [0.25, 0.3) is 5.91 Å². The van der Waals surface area contributed by atoms with Gasteiger partial charge in [-0.15, -0.1) is 6.42 Å². The van der Waals surface area contributed by atoms with Crippen LogP contribution in [0.1, 0.15) is 56.8 Å². The summed E-state index contributed by atoms with van der Waals surface area (Å²) in [6.45, 7) is 6.93. The number of amides is 2. The van der Waals surface area contributed by atoms with Crippen LogP contribution in [0.5, 0.6) is 5.75 Å². The van der Waals surface area contributed by atoms with E-state index in [1.54, 1.807) is 24.3 Å². The molecule has 0 aliphatic carbocycles. The molecule has 2 N–H and O–H groups in total. The van der Waals surface area contributed by atoms with E-state index in [2.05, 4.69) is 16.6 Å². The topological polar surface area (TPSA) is 76.7 Å². The number of carbonyl (C=O) groups is 2. The molecule has 6 nitrogen and oxygen atoms in total. The number of carbonyl (C=O) groups excluding carboxylic acids is 2. The van der Waals surface area contributed by atoms with E-state index in [1.165, 1.54) is 0 Å². The number of alkyl carbamates (subject to hydrolysis) is 1. The minimum Gasteiger partial charge on any atom is -0.481 e. The summed E-state index contributed by atoms with van der Waals surface area (Å²) in [5, 5.41) is 5.63. The Morgan fingerprint density at radius 3 is 2.15 bits per heavy atom. The van der Waals surface area contributed by atoms with Crippen molar-refractivity contribution in [1.29, 1.82) is 0 Å². The van der Waals surface area contributed by atoms with Crippen LogP contribution in [0.25, 0.3) is 0 Å². The molecule has 27 heavy (non-hydrogen) atoms. The van der Waals surface area contributed by atoms with E-state index in [0.29, 0.717) is 24.4 Å². The number of hydrogen-bond acceptors (Lipinski definition) is 4. The fourth-order valence-electron chi connectivity index (χ4n) is 2.24. The molecule has 6 heteroatoms. The summed E-state index contributed by atoms with van der Waals surface area (Å²) in [4.78, 5) is 23.5. The minimum absolute atomic E-state index is 0.106. The van der Waals surface area contributed by atoms with Crippen molar-refractivity contribution < 1.29 is 19.1 Å². The highest BCUT2D eigenvalue weighted by molar-refractivity contribution is 5.94. The van der Waals surface area contributed by atoms with Gasteiger partial charge in [-0.05, 0) is 57.9 Å². The van der Waals surface area contributed by atoms with Crippen LogP contribution < -0.4 is 15.4 Å². The van der Waals surface area contributed by atoms with Gasteiger partial charge in [0.15, 0.2) is 0 Å². The van der Waals surface area contributed by atoms with E-state index in [-0.39, 0.29) is 18.6 Å². The molecule has 0 unspecified atom stereocenters. The fraction of sp³-hybridized carbons (Fsp3) is 0.524. The molecule has 148 valence electrons. The molecule has 2 amide bonds. The molecular formula is C21H30N2O4. The molecular weight excluding hydrogens is 344 g/mol. The van der Waals surface area contributed by atoms with Crippen molar-refractivity contribution in [3.63, 3.8) is 0 Å². The number of benzene rings is 1. The molecule has 0 fully saturated rings. The first-order valence-electron chi connectivity index (χ1n) is 9.23. The van der Waals surface area contributed by atoms with Crippen LogP contribution in [0.15, 0.2) is 24.3 Å². The van der Waals surface area contributed by atoms with E-state index < -0.39 is 5.60 Å². The number of nitrogens with one attached hydrogen (secondary N) is 2. The number of rotatable bonds is 10. The molecule has 0 aliphatic heterocycles. The lowest BCUT2D eigenvalue weighted by molar-refractivity contribution is 0.0526. The Morgan fingerprint density at radius 1 is 1.00 bits per heavy atom. The molecule has 0 bridgehead atoms. The zero-order valence-corrected chi connectivity index (χ0v) is 16.5. The first kappa shape index (κ1) is 22.4. The molecule has 1 aromatic carbocycles. The summed E-state index contributed by atoms with van der Waals surface area (Å²) in [6, 6.07) is 6.88. The Kier molecular flexibility index (Phi) is 9.81. The normalized spacial score (nSPS) is 10.6. The van der Waals surface area contributed by atoms with Gasteiger partial charge < -0.3 is 20.1 Å². The highest BCUT2D eigenvalue weighted by atomic mass is 16.6. The second kappa shape index (κ2) is 11.8. The zero-order chi connectivity index (χ0) is 20.1. The average Bonchev–Trinajstić information content (AvgIpc) is 2.61. The van der Waals surface area contributed by atoms with Gasteiger partial charge in [-0.2, -0.15) is 0 Å². The Hall–Kier alpha value is -2.68. The van der Waals surface area contributed by atoms with E-state index in [4.69, 9.17) is 15.9 Å². The van der Waals surface area contributed by atoms with Crippen LogP contribution in [0, 0.1) is 12.3 Å². The van der Waals surface area contributed by atoms with Crippen LogP contribution in [0.4, 0.5) is 4.79 Å². The predicted octanol–water partition coefficient (Wildman–Crippen LogP) is 3.51. The number of terminal acetylenes is 1. The third-order valence-corrected chi connectivity index (χ3v) is 3.50. The monoisotopic (exact) mass is 374 g/mol. The van der Waals surface area contributed by atoms with Crippen molar-refractivity contribution in [3.8, 4) is 18.1 Å². The standard InChI is InChI=1S/C21H30N2O4/c1-5-16-26-18-12-10-17(11-13-18)19(24)22-14-8-6-7-9-15-23-20(25)27-21(2,3)4/h1,10-13H,6-9,14-16H2,2-4H3,(H,22,24)(H,23,25). The van der Waals surface area contributed by atoms with Gasteiger partial charge in [0, 0.05) is 18.7 Å². The molecule has 1 rings (SSSR count). The maximum absolute atomic E-state index is 12.0. The van der Waals surface area contributed by atoms with Gasteiger partial charge in [0.1, 0.15) is 18.0 Å². The smallest absolute Gasteiger partial charge is 0.407 e. The lowest BCUT2D eigenvalue weighted by Crippen LogP contribution is -2.33. The quantitative estimate of drug-likeness (QED) is 0.485. The van der Waals surface area contributed by atoms with Gasteiger partial charge in [-0.25, -0.2) is 4.79 Å². The lowest BCUT2D eigenvalue weighted by Gasteiger charge is -2.19. The van der Waals surface area contributed by atoms with Crippen molar-refractivity contribution >= 4 is 12.0 Å². The summed E-state index contributed by atoms with van der Waals surface area (Å²) in [5.41, 5.74) is 0.113. The molecule has 0 radical (unpaired) electrons. The molecule has 1 aromatic rings. The van der Waals surface area contributed by atoms with Crippen molar-refractivity contribution in [3.05, 3.63) is 29.8 Å². The molecule has 0 spiro atoms. The largest absolute Gasteiger partial charge is 0.481 e. The molecule has 0 heterocycles. The van der Waals surface area contributed by atoms with E-state index in [0.717, 1.165) is 25.7 Å². The Labute approximate surface area is 162 Å². The second-order valence-electron chi connectivity index (χ2n) is 7.12. The fourth-order valence-corrected chi connectivity index (χ4v) is 2.24. The van der Waals surface area contributed by atoms with E-state index in [9.17, 15) is 9.59 Å². The number of hydrogen-bond donors (Lipinski definition) is 2. The lowest BCUT2D eigenvalue weighted by atomic mass is 10.1. The van der Waals surface area contributed by atoms with Crippen LogP contribution in [-0.4, -0.2) is 37.3 Å². The van der Waals surface area contributed by atoms with Crippen LogP contribution >= 0.6 is 0 Å². The van der Waals surface area contributed by atoms with Gasteiger partial charge >= 0.3 is 6.09 Å². The Morgan fingerprint density at radius 2 is 1.59 bits per heavy atom. The SMILES string of the molecule is C#CCOc1ccc(C(=O)NCCCCCCNC(=O)OC(C)(C)C)cc1. The van der Waals surface area contributed by atoms with Crippen LogP contribution in [0.2, 0.25) is 0 Å². The van der Waals surface area contributed by atoms with Gasteiger partial charge in [-0.3, -0.25) is 4.79 Å². The summed E-state index contributed by atoms with van der Waals surface area (Å²) in [5.74, 6) is 2.93. The molecule has 0 aliphatic rings. The zero-order valence-electron chi connectivity index (χ0n) is 16.5. The highest BCUT2D eigenvalue weighted by Crippen LogP contribution is 2.12. The van der Waals surface area contributed by atoms with Crippen LogP contribution in [0.3, 0.4) is 0 Å².